The molecule has 0 aliphatic heterocycles. The highest BCUT2D eigenvalue weighted by Gasteiger charge is 2.38. The molecule has 7 nitrogen and oxygen atoms in total. The Morgan fingerprint density at radius 2 is 0.733 bits per heavy atom. The SMILES string of the molecule is CC1(C)c2ccccc2-c2c1ccc(-c1cc(C(=O)N(c3ccccc3)c3ccc(-c4ccccn4)cc3)cc(C(=O)N(c3ccccc3)c3ccc(-c4ccccn4)cc3)c1)c2-c1ccc(-c2ccccn2)cc1. The van der Waals surface area contributed by atoms with Crippen molar-refractivity contribution in [3.63, 3.8) is 0 Å². The average Bonchev–Trinajstić information content (AvgIpc) is 3.72. The molecule has 0 N–H and O–H groups in total. The molecule has 0 fully saturated rings. The Labute approximate surface area is 436 Å². The van der Waals surface area contributed by atoms with Gasteiger partial charge in [-0.2, -0.15) is 0 Å². The fourth-order valence-electron chi connectivity index (χ4n) is 10.5. The largest absolute Gasteiger partial charge is 0.277 e. The van der Waals surface area contributed by atoms with Gasteiger partial charge in [0.2, 0.25) is 0 Å². The zero-order valence-corrected chi connectivity index (χ0v) is 41.4. The summed E-state index contributed by atoms with van der Waals surface area (Å²) in [5.74, 6) is -0.606. The van der Waals surface area contributed by atoms with E-state index in [9.17, 15) is 0 Å². The van der Waals surface area contributed by atoms with Crippen LogP contribution < -0.4 is 9.80 Å². The van der Waals surface area contributed by atoms with Crippen molar-refractivity contribution >= 4 is 34.6 Å². The summed E-state index contributed by atoms with van der Waals surface area (Å²) in [7, 11) is 0. The molecule has 0 saturated carbocycles. The van der Waals surface area contributed by atoms with E-state index in [0.717, 1.165) is 67.2 Å². The molecule has 1 aliphatic rings. The topological polar surface area (TPSA) is 79.3 Å². The molecule has 11 aromatic rings. The van der Waals surface area contributed by atoms with E-state index in [0.29, 0.717) is 33.9 Å². The van der Waals surface area contributed by atoms with E-state index < -0.39 is 0 Å². The highest BCUT2D eigenvalue weighted by Crippen LogP contribution is 2.54. The third-order valence-corrected chi connectivity index (χ3v) is 14.2. The van der Waals surface area contributed by atoms with Crippen molar-refractivity contribution < 1.29 is 9.59 Å². The lowest BCUT2D eigenvalue weighted by Crippen LogP contribution is -2.28. The number of nitrogens with zero attached hydrogens (tertiary/aromatic N) is 5. The molecular formula is C68H49N5O2. The highest BCUT2D eigenvalue weighted by molar-refractivity contribution is 6.16. The summed E-state index contributed by atoms with van der Waals surface area (Å²) >= 11 is 0. The Morgan fingerprint density at radius 3 is 1.19 bits per heavy atom. The summed E-state index contributed by atoms with van der Waals surface area (Å²) in [4.78, 5) is 49.0. The van der Waals surface area contributed by atoms with Crippen LogP contribution >= 0.6 is 0 Å². The number of hydrogen-bond acceptors (Lipinski definition) is 5. The number of rotatable bonds is 11. The Morgan fingerprint density at radius 1 is 0.333 bits per heavy atom. The predicted molar refractivity (Wildman–Crippen MR) is 303 cm³/mol. The minimum atomic E-state index is -0.303. The van der Waals surface area contributed by atoms with Crippen LogP contribution in [0.25, 0.3) is 67.2 Å². The number of aromatic nitrogens is 3. The number of benzene rings is 8. The van der Waals surface area contributed by atoms with Gasteiger partial charge >= 0.3 is 0 Å². The van der Waals surface area contributed by atoms with Crippen LogP contribution in [0.15, 0.2) is 261 Å². The number of carbonyl (C=O) groups excluding carboxylic acids is 2. The second kappa shape index (κ2) is 19.6. The maximum absolute atomic E-state index is 15.9. The van der Waals surface area contributed by atoms with Crippen molar-refractivity contribution in [2.75, 3.05) is 9.80 Å². The van der Waals surface area contributed by atoms with Crippen LogP contribution in [-0.4, -0.2) is 26.8 Å². The molecule has 75 heavy (non-hydrogen) atoms. The maximum Gasteiger partial charge on any atom is 0.262 e. The third-order valence-electron chi connectivity index (χ3n) is 14.2. The zero-order chi connectivity index (χ0) is 50.9. The van der Waals surface area contributed by atoms with Crippen LogP contribution in [0.2, 0.25) is 0 Å². The van der Waals surface area contributed by atoms with Gasteiger partial charge in [-0.25, -0.2) is 0 Å². The molecule has 2 amide bonds. The molecular weight excluding hydrogens is 919 g/mol. The van der Waals surface area contributed by atoms with E-state index in [4.69, 9.17) is 0 Å². The molecule has 0 spiro atoms. The van der Waals surface area contributed by atoms with E-state index in [1.54, 1.807) is 28.3 Å². The van der Waals surface area contributed by atoms with Gasteiger partial charge in [0.05, 0.1) is 17.1 Å². The first-order chi connectivity index (χ1) is 36.8. The van der Waals surface area contributed by atoms with Gasteiger partial charge in [0.25, 0.3) is 11.8 Å². The van der Waals surface area contributed by atoms with Gasteiger partial charge < -0.3 is 0 Å². The van der Waals surface area contributed by atoms with Crippen LogP contribution in [0.5, 0.6) is 0 Å². The van der Waals surface area contributed by atoms with E-state index in [1.165, 1.54) is 11.1 Å². The minimum absolute atomic E-state index is 0.295. The number of amides is 2. The lowest BCUT2D eigenvalue weighted by Gasteiger charge is -2.26. The molecule has 1 aliphatic carbocycles. The number of hydrogen-bond donors (Lipinski definition) is 0. The molecule has 3 heterocycles. The maximum atomic E-state index is 15.9. The molecule has 358 valence electrons. The van der Waals surface area contributed by atoms with Gasteiger partial charge in [-0.1, -0.05) is 153 Å². The Kier molecular flexibility index (Phi) is 12.1. The Hall–Kier alpha value is -9.85. The van der Waals surface area contributed by atoms with Gasteiger partial charge in [-0.05, 0) is 148 Å². The standard InChI is InChI=1S/C68H49N5O2/c1-68(2)59-22-10-9-21-58(59)65-60(68)39-38-57(64(65)49-28-26-46(27-29-49)61-23-11-14-40-69-61)50-43-51(66(74)72(53-17-5-3-6-18-53)55-34-30-47(31-35-55)62-24-12-15-41-70-62)45-52(44-50)67(75)73(54-19-7-4-8-20-54)56-36-32-48(33-37-56)63-25-13-16-42-71-63/h3-45H,1-2H3. The van der Waals surface area contributed by atoms with Gasteiger partial charge in [0.15, 0.2) is 0 Å². The number of carbonyl (C=O) groups is 2. The summed E-state index contributed by atoms with van der Waals surface area (Å²) in [6.07, 6.45) is 5.35. The molecule has 12 rings (SSSR count). The normalized spacial score (nSPS) is 12.1. The smallest absolute Gasteiger partial charge is 0.262 e. The molecule has 0 radical (unpaired) electrons. The van der Waals surface area contributed by atoms with Crippen molar-refractivity contribution in [2.24, 2.45) is 0 Å². The van der Waals surface area contributed by atoms with Gasteiger partial charge in [-0.15, -0.1) is 0 Å². The van der Waals surface area contributed by atoms with Crippen LogP contribution in [0.1, 0.15) is 45.7 Å². The number of pyridine rings is 3. The van der Waals surface area contributed by atoms with Gasteiger partial charge in [0, 0.05) is 74.6 Å². The lowest BCUT2D eigenvalue weighted by atomic mass is 9.80. The van der Waals surface area contributed by atoms with Gasteiger partial charge in [0.1, 0.15) is 0 Å². The first-order valence-electron chi connectivity index (χ1n) is 25.1. The van der Waals surface area contributed by atoms with E-state index in [2.05, 4.69) is 89.5 Å². The van der Waals surface area contributed by atoms with Gasteiger partial charge in [-0.3, -0.25) is 34.3 Å². The monoisotopic (exact) mass is 967 g/mol. The quantitative estimate of drug-likeness (QED) is 0.129. The average molecular weight is 968 g/mol. The molecule has 0 saturated heterocycles. The summed E-state index contributed by atoms with van der Waals surface area (Å²) in [6.45, 7) is 4.56. The van der Waals surface area contributed by atoms with E-state index >= 15 is 9.59 Å². The van der Waals surface area contributed by atoms with Crippen LogP contribution in [0.4, 0.5) is 22.7 Å². The molecule has 0 unspecified atom stereocenters. The fraction of sp³-hybridized carbons (Fsp3) is 0.0441. The van der Waals surface area contributed by atoms with Crippen LogP contribution in [-0.2, 0) is 5.41 Å². The zero-order valence-electron chi connectivity index (χ0n) is 41.4. The van der Waals surface area contributed by atoms with Crippen molar-refractivity contribution in [3.05, 3.63) is 283 Å². The minimum Gasteiger partial charge on any atom is -0.277 e. The Balaban J connectivity index is 1.07. The summed E-state index contributed by atoms with van der Waals surface area (Å²) in [5, 5.41) is 0. The fourth-order valence-corrected chi connectivity index (χ4v) is 10.5. The lowest BCUT2D eigenvalue weighted by molar-refractivity contribution is 0.0998. The van der Waals surface area contributed by atoms with Crippen LogP contribution in [0.3, 0.4) is 0 Å². The van der Waals surface area contributed by atoms with Crippen molar-refractivity contribution in [3.8, 4) is 67.2 Å². The van der Waals surface area contributed by atoms with Crippen molar-refractivity contribution in [1.82, 2.24) is 15.0 Å². The molecule has 0 bridgehead atoms. The predicted octanol–water partition coefficient (Wildman–Crippen LogP) is 16.5. The molecule has 8 aromatic carbocycles. The van der Waals surface area contributed by atoms with Crippen LogP contribution in [0, 0.1) is 0 Å². The first-order valence-corrected chi connectivity index (χ1v) is 25.1. The summed E-state index contributed by atoms with van der Waals surface area (Å²) < 4.78 is 0. The highest BCUT2D eigenvalue weighted by atomic mass is 16.2. The van der Waals surface area contributed by atoms with E-state index in [-0.39, 0.29) is 17.2 Å². The van der Waals surface area contributed by atoms with Crippen molar-refractivity contribution in [1.29, 1.82) is 0 Å². The summed E-state index contributed by atoms with van der Waals surface area (Å²) in [6, 6.07) is 79.8. The number of anilines is 4. The number of para-hydroxylation sites is 2. The second-order valence-corrected chi connectivity index (χ2v) is 19.1. The molecule has 7 heteroatoms. The first kappa shape index (κ1) is 46.2. The van der Waals surface area contributed by atoms with Crippen molar-refractivity contribution in [2.45, 2.75) is 19.3 Å². The molecule has 3 aromatic heterocycles. The van der Waals surface area contributed by atoms with E-state index in [1.807, 2.05) is 182 Å². The second-order valence-electron chi connectivity index (χ2n) is 19.1. The molecule has 0 atom stereocenters. The number of fused-ring (bicyclic) bond motifs is 3. The summed E-state index contributed by atoms with van der Waals surface area (Å²) in [5.41, 5.74) is 16.8. The third kappa shape index (κ3) is 8.76. The Bertz CT molecular complexity index is 3690.